The number of hydrogen-bond acceptors (Lipinski definition) is 2. The van der Waals surface area contributed by atoms with Gasteiger partial charge in [0.15, 0.2) is 0 Å². The van der Waals surface area contributed by atoms with Gasteiger partial charge in [0.2, 0.25) is 5.88 Å². The van der Waals surface area contributed by atoms with Gasteiger partial charge in [-0.05, 0) is 13.3 Å². The van der Waals surface area contributed by atoms with Crippen molar-refractivity contribution >= 4 is 0 Å². The first-order valence-electron chi connectivity index (χ1n) is 4.97. The second-order valence-corrected chi connectivity index (χ2v) is 3.43. The fourth-order valence-electron chi connectivity index (χ4n) is 1.38. The van der Waals surface area contributed by atoms with Crippen LogP contribution in [0.4, 0.5) is 0 Å². The molecule has 0 fully saturated rings. The van der Waals surface area contributed by atoms with E-state index in [1.165, 1.54) is 19.3 Å². The maximum atomic E-state index is 9.39. The molecule has 0 radical (unpaired) electrons. The van der Waals surface area contributed by atoms with Gasteiger partial charge < -0.3 is 5.11 Å². The molecule has 0 saturated carbocycles. The standard InChI is InChI=1S/C10H18N2O/c1-3-4-5-6-7-12-10(13)8-9(2)11-12/h8,13H,3-7H2,1-2H3. The topological polar surface area (TPSA) is 38.0 Å². The van der Waals surface area contributed by atoms with Crippen molar-refractivity contribution in [3.05, 3.63) is 11.8 Å². The van der Waals surface area contributed by atoms with Crippen LogP contribution < -0.4 is 0 Å². The number of unbranched alkanes of at least 4 members (excludes halogenated alkanes) is 3. The van der Waals surface area contributed by atoms with Crippen molar-refractivity contribution in [1.82, 2.24) is 9.78 Å². The van der Waals surface area contributed by atoms with Crippen LogP contribution in [0.1, 0.15) is 38.3 Å². The first-order valence-corrected chi connectivity index (χ1v) is 4.97. The van der Waals surface area contributed by atoms with Crippen LogP contribution in [-0.4, -0.2) is 14.9 Å². The lowest BCUT2D eigenvalue weighted by atomic mass is 10.2. The molecule has 3 nitrogen and oxygen atoms in total. The van der Waals surface area contributed by atoms with E-state index in [4.69, 9.17) is 0 Å². The molecule has 1 aromatic rings. The Balaban J connectivity index is 2.32. The fourth-order valence-corrected chi connectivity index (χ4v) is 1.38. The van der Waals surface area contributed by atoms with E-state index < -0.39 is 0 Å². The summed E-state index contributed by atoms with van der Waals surface area (Å²) >= 11 is 0. The molecule has 0 spiro atoms. The van der Waals surface area contributed by atoms with Gasteiger partial charge in [0.25, 0.3) is 0 Å². The number of rotatable bonds is 5. The number of hydrogen-bond donors (Lipinski definition) is 1. The second kappa shape index (κ2) is 4.90. The van der Waals surface area contributed by atoms with Crippen LogP contribution in [0.5, 0.6) is 5.88 Å². The van der Waals surface area contributed by atoms with Crippen LogP contribution >= 0.6 is 0 Å². The monoisotopic (exact) mass is 182 g/mol. The highest BCUT2D eigenvalue weighted by molar-refractivity contribution is 5.12. The molecule has 0 aliphatic carbocycles. The minimum Gasteiger partial charge on any atom is -0.493 e. The van der Waals surface area contributed by atoms with Crippen molar-refractivity contribution in [3.8, 4) is 5.88 Å². The Labute approximate surface area is 79.4 Å². The zero-order valence-electron chi connectivity index (χ0n) is 8.45. The van der Waals surface area contributed by atoms with Gasteiger partial charge in [-0.15, -0.1) is 0 Å². The summed E-state index contributed by atoms with van der Waals surface area (Å²) < 4.78 is 1.67. The van der Waals surface area contributed by atoms with Gasteiger partial charge in [-0.1, -0.05) is 26.2 Å². The van der Waals surface area contributed by atoms with Crippen LogP contribution in [0.3, 0.4) is 0 Å². The fraction of sp³-hybridized carbons (Fsp3) is 0.700. The van der Waals surface area contributed by atoms with E-state index in [0.717, 1.165) is 18.7 Å². The molecule has 0 aliphatic heterocycles. The van der Waals surface area contributed by atoms with Gasteiger partial charge in [0.1, 0.15) is 0 Å². The molecule has 0 saturated heterocycles. The molecule has 1 rings (SSSR count). The largest absolute Gasteiger partial charge is 0.493 e. The molecule has 0 aliphatic rings. The molecule has 0 aromatic carbocycles. The molecule has 0 bridgehead atoms. The summed E-state index contributed by atoms with van der Waals surface area (Å²) in [6.07, 6.45) is 4.82. The number of nitrogens with zero attached hydrogens (tertiary/aromatic N) is 2. The Morgan fingerprint density at radius 3 is 2.69 bits per heavy atom. The lowest BCUT2D eigenvalue weighted by Gasteiger charge is -2.01. The lowest BCUT2D eigenvalue weighted by molar-refractivity contribution is 0.390. The van der Waals surface area contributed by atoms with E-state index >= 15 is 0 Å². The summed E-state index contributed by atoms with van der Waals surface area (Å²) in [4.78, 5) is 0. The molecule has 0 atom stereocenters. The van der Waals surface area contributed by atoms with Gasteiger partial charge >= 0.3 is 0 Å². The van der Waals surface area contributed by atoms with Gasteiger partial charge in [-0.2, -0.15) is 5.10 Å². The molecule has 74 valence electrons. The van der Waals surface area contributed by atoms with E-state index in [1.807, 2.05) is 6.92 Å². The van der Waals surface area contributed by atoms with Crippen molar-refractivity contribution in [2.45, 2.75) is 46.1 Å². The Hall–Kier alpha value is -0.990. The minimum absolute atomic E-state index is 0.286. The summed E-state index contributed by atoms with van der Waals surface area (Å²) in [7, 11) is 0. The summed E-state index contributed by atoms with van der Waals surface area (Å²) in [5, 5.41) is 13.6. The number of aromatic nitrogens is 2. The third-order valence-corrected chi connectivity index (χ3v) is 2.10. The van der Waals surface area contributed by atoms with Crippen LogP contribution in [0, 0.1) is 6.92 Å². The maximum absolute atomic E-state index is 9.39. The molecule has 13 heavy (non-hydrogen) atoms. The number of aromatic hydroxyl groups is 1. The molecule has 0 unspecified atom stereocenters. The average molecular weight is 182 g/mol. The molecular formula is C10H18N2O. The average Bonchev–Trinajstić information content (AvgIpc) is 2.39. The maximum Gasteiger partial charge on any atom is 0.209 e. The van der Waals surface area contributed by atoms with Crippen LogP contribution in [0.25, 0.3) is 0 Å². The van der Waals surface area contributed by atoms with Crippen LogP contribution in [0.2, 0.25) is 0 Å². The Bertz CT molecular complexity index is 255. The molecular weight excluding hydrogens is 164 g/mol. The van der Waals surface area contributed by atoms with Crippen molar-refractivity contribution < 1.29 is 5.11 Å². The molecule has 1 aromatic heterocycles. The highest BCUT2D eigenvalue weighted by atomic mass is 16.3. The van der Waals surface area contributed by atoms with Crippen molar-refractivity contribution in [1.29, 1.82) is 0 Å². The van der Waals surface area contributed by atoms with Crippen LogP contribution in [-0.2, 0) is 6.54 Å². The van der Waals surface area contributed by atoms with E-state index in [-0.39, 0.29) is 5.88 Å². The van der Waals surface area contributed by atoms with Crippen molar-refractivity contribution in [2.24, 2.45) is 0 Å². The first kappa shape index (κ1) is 10.1. The highest BCUT2D eigenvalue weighted by Crippen LogP contribution is 2.12. The smallest absolute Gasteiger partial charge is 0.209 e. The van der Waals surface area contributed by atoms with Crippen molar-refractivity contribution in [2.75, 3.05) is 0 Å². The van der Waals surface area contributed by atoms with E-state index in [9.17, 15) is 5.11 Å². The van der Waals surface area contributed by atoms with Gasteiger partial charge in [0, 0.05) is 12.6 Å². The van der Waals surface area contributed by atoms with Crippen LogP contribution in [0.15, 0.2) is 6.07 Å². The normalized spacial score (nSPS) is 10.6. The van der Waals surface area contributed by atoms with Gasteiger partial charge in [-0.3, -0.25) is 0 Å². The first-order chi connectivity index (χ1) is 6.24. The predicted octanol–water partition coefficient (Wildman–Crippen LogP) is 2.48. The molecule has 0 amide bonds. The lowest BCUT2D eigenvalue weighted by Crippen LogP contribution is -1.99. The Morgan fingerprint density at radius 1 is 1.38 bits per heavy atom. The summed E-state index contributed by atoms with van der Waals surface area (Å²) in [6.45, 7) is 4.91. The molecule has 1 heterocycles. The SMILES string of the molecule is CCCCCCn1nc(C)cc1O. The summed E-state index contributed by atoms with van der Waals surface area (Å²) in [5.41, 5.74) is 0.882. The van der Waals surface area contributed by atoms with E-state index in [0.29, 0.717) is 0 Å². The molecule has 3 heteroatoms. The minimum atomic E-state index is 0.286. The number of aryl methyl sites for hydroxylation is 2. The Morgan fingerprint density at radius 2 is 2.15 bits per heavy atom. The second-order valence-electron chi connectivity index (χ2n) is 3.43. The predicted molar refractivity (Wildman–Crippen MR) is 52.8 cm³/mol. The Kier molecular flexibility index (Phi) is 3.80. The zero-order chi connectivity index (χ0) is 9.68. The summed E-state index contributed by atoms with van der Waals surface area (Å²) in [6, 6.07) is 1.69. The van der Waals surface area contributed by atoms with Gasteiger partial charge in [-0.25, -0.2) is 4.68 Å². The van der Waals surface area contributed by atoms with E-state index in [1.54, 1.807) is 10.7 Å². The molecule has 1 N–H and O–H groups in total. The van der Waals surface area contributed by atoms with E-state index in [2.05, 4.69) is 12.0 Å². The van der Waals surface area contributed by atoms with Crippen molar-refractivity contribution in [3.63, 3.8) is 0 Å². The van der Waals surface area contributed by atoms with Gasteiger partial charge in [0.05, 0.1) is 5.69 Å². The third-order valence-electron chi connectivity index (χ3n) is 2.10. The third kappa shape index (κ3) is 3.09. The summed E-state index contributed by atoms with van der Waals surface area (Å²) in [5.74, 6) is 0.286. The zero-order valence-corrected chi connectivity index (χ0v) is 8.45. The highest BCUT2D eigenvalue weighted by Gasteiger charge is 2.01. The quantitative estimate of drug-likeness (QED) is 0.710.